The first kappa shape index (κ1) is 31.2. The van der Waals surface area contributed by atoms with Crippen LogP contribution in [0.25, 0.3) is 0 Å². The molecule has 4 rings (SSSR count). The van der Waals surface area contributed by atoms with Crippen LogP contribution in [0, 0.1) is 0 Å². The summed E-state index contributed by atoms with van der Waals surface area (Å²) < 4.78 is 15.8. The molecule has 1 fully saturated rings. The molecular formula is C33H37N3O7. The third-order valence-electron chi connectivity index (χ3n) is 7.19. The van der Waals surface area contributed by atoms with Crippen LogP contribution in [0.4, 0.5) is 4.79 Å². The summed E-state index contributed by atoms with van der Waals surface area (Å²) in [6, 6.07) is 22.7. The lowest BCUT2D eigenvalue weighted by molar-refractivity contribution is -0.133. The van der Waals surface area contributed by atoms with E-state index in [0.717, 1.165) is 16.7 Å². The van der Waals surface area contributed by atoms with Crippen LogP contribution in [0.5, 0.6) is 5.75 Å². The standard InChI is InChI=1S/C33H37N3O7/c1-22(34-32(40)42-20-25-12-8-5-9-13-25)30(38)36-28(19-24-14-16-26(41-3)17-15-24)31(39)35-27(29(37)33(2)21-43-33)18-23-10-6-4-7-11-23/h4-17,22,27-28H,18-21H2,1-3H3,(H,34,40)(H,35,39)(H,36,38)/t22?,27?,28-,33?/m0/s1. The number of hydrogen-bond donors (Lipinski definition) is 3. The van der Waals surface area contributed by atoms with E-state index >= 15 is 0 Å². The Labute approximate surface area is 251 Å². The van der Waals surface area contributed by atoms with E-state index in [1.54, 1.807) is 38.3 Å². The SMILES string of the molecule is COc1ccc(C[C@H](NC(=O)C(C)NC(=O)OCc2ccccc2)C(=O)NC(Cc2ccccc2)C(=O)C2(C)CO2)cc1. The molecule has 4 atom stereocenters. The second kappa shape index (κ2) is 14.5. The van der Waals surface area contributed by atoms with Crippen molar-refractivity contribution in [3.8, 4) is 5.75 Å². The molecule has 3 amide bonds. The molecule has 3 unspecified atom stereocenters. The Balaban J connectivity index is 1.45. The molecule has 0 aliphatic carbocycles. The largest absolute Gasteiger partial charge is 0.497 e. The number of rotatable bonds is 14. The quantitative estimate of drug-likeness (QED) is 0.247. The first-order valence-corrected chi connectivity index (χ1v) is 14.1. The summed E-state index contributed by atoms with van der Waals surface area (Å²) in [5.74, 6) is -0.724. The van der Waals surface area contributed by atoms with Gasteiger partial charge < -0.3 is 30.2 Å². The minimum Gasteiger partial charge on any atom is -0.497 e. The van der Waals surface area contributed by atoms with E-state index in [2.05, 4.69) is 16.0 Å². The molecule has 3 N–H and O–H groups in total. The molecule has 226 valence electrons. The number of nitrogens with one attached hydrogen (secondary N) is 3. The average Bonchev–Trinajstić information content (AvgIpc) is 3.78. The van der Waals surface area contributed by atoms with Crippen LogP contribution in [0.2, 0.25) is 0 Å². The highest BCUT2D eigenvalue weighted by Gasteiger charge is 2.50. The highest BCUT2D eigenvalue weighted by atomic mass is 16.6. The number of carbonyl (C=O) groups excluding carboxylic acids is 4. The number of ether oxygens (including phenoxy) is 3. The molecule has 1 heterocycles. The molecule has 10 heteroatoms. The number of epoxide rings is 1. The molecule has 0 bridgehead atoms. The fourth-order valence-electron chi connectivity index (χ4n) is 4.46. The number of alkyl carbamates (subject to hydrolysis) is 1. The van der Waals surface area contributed by atoms with Crippen LogP contribution < -0.4 is 20.7 Å². The fourth-order valence-corrected chi connectivity index (χ4v) is 4.46. The van der Waals surface area contributed by atoms with Crippen LogP contribution in [-0.4, -0.2) is 61.1 Å². The van der Waals surface area contributed by atoms with Gasteiger partial charge in [-0.3, -0.25) is 14.4 Å². The van der Waals surface area contributed by atoms with E-state index in [1.807, 2.05) is 60.7 Å². The molecule has 1 saturated heterocycles. The third-order valence-corrected chi connectivity index (χ3v) is 7.19. The maximum Gasteiger partial charge on any atom is 0.408 e. The van der Waals surface area contributed by atoms with E-state index in [1.165, 1.54) is 6.92 Å². The van der Waals surface area contributed by atoms with Gasteiger partial charge in [0, 0.05) is 6.42 Å². The lowest BCUT2D eigenvalue weighted by Gasteiger charge is -2.25. The van der Waals surface area contributed by atoms with Gasteiger partial charge in [-0.05, 0) is 49.1 Å². The maximum absolute atomic E-state index is 13.7. The summed E-state index contributed by atoms with van der Waals surface area (Å²) in [6.07, 6.45) is -0.375. The minimum absolute atomic E-state index is 0.0446. The molecule has 43 heavy (non-hydrogen) atoms. The summed E-state index contributed by atoms with van der Waals surface area (Å²) >= 11 is 0. The first-order valence-electron chi connectivity index (χ1n) is 14.1. The number of amides is 3. The smallest absolute Gasteiger partial charge is 0.408 e. The predicted molar refractivity (Wildman–Crippen MR) is 159 cm³/mol. The highest BCUT2D eigenvalue weighted by molar-refractivity contribution is 5.98. The molecular weight excluding hydrogens is 550 g/mol. The van der Waals surface area contributed by atoms with Crippen LogP contribution in [0.15, 0.2) is 84.9 Å². The van der Waals surface area contributed by atoms with Crippen molar-refractivity contribution in [1.82, 2.24) is 16.0 Å². The Kier molecular flexibility index (Phi) is 10.5. The van der Waals surface area contributed by atoms with Crippen molar-refractivity contribution in [3.63, 3.8) is 0 Å². The predicted octanol–water partition coefficient (Wildman–Crippen LogP) is 3.12. The monoisotopic (exact) mass is 587 g/mol. The lowest BCUT2D eigenvalue weighted by atomic mass is 9.94. The van der Waals surface area contributed by atoms with Crippen LogP contribution in [0.1, 0.15) is 30.5 Å². The Bertz CT molecular complexity index is 1390. The van der Waals surface area contributed by atoms with E-state index < -0.39 is 41.6 Å². The van der Waals surface area contributed by atoms with Gasteiger partial charge in [0.15, 0.2) is 5.78 Å². The van der Waals surface area contributed by atoms with Crippen molar-refractivity contribution >= 4 is 23.7 Å². The minimum atomic E-state index is -1.05. The van der Waals surface area contributed by atoms with Gasteiger partial charge in [-0.25, -0.2) is 4.79 Å². The number of Topliss-reactive ketones (excluding diaryl/α,β-unsaturated/α-hetero) is 1. The summed E-state index contributed by atoms with van der Waals surface area (Å²) in [5.41, 5.74) is 1.47. The average molecular weight is 588 g/mol. The molecule has 1 aliphatic rings. The van der Waals surface area contributed by atoms with Gasteiger partial charge >= 0.3 is 6.09 Å². The van der Waals surface area contributed by atoms with E-state index in [-0.39, 0.29) is 31.8 Å². The molecule has 1 aliphatic heterocycles. The van der Waals surface area contributed by atoms with Gasteiger partial charge in [0.1, 0.15) is 30.0 Å². The molecule has 0 spiro atoms. The maximum atomic E-state index is 13.7. The highest BCUT2D eigenvalue weighted by Crippen LogP contribution is 2.29. The second-order valence-corrected chi connectivity index (χ2v) is 10.7. The van der Waals surface area contributed by atoms with E-state index in [4.69, 9.17) is 14.2 Å². The second-order valence-electron chi connectivity index (χ2n) is 10.7. The van der Waals surface area contributed by atoms with Crippen molar-refractivity contribution in [3.05, 3.63) is 102 Å². The van der Waals surface area contributed by atoms with Gasteiger partial charge in [0.2, 0.25) is 11.8 Å². The van der Waals surface area contributed by atoms with Crippen molar-refractivity contribution in [1.29, 1.82) is 0 Å². The number of carbonyl (C=O) groups is 4. The third kappa shape index (κ3) is 9.14. The molecule has 0 radical (unpaired) electrons. The molecule has 3 aromatic rings. The Morgan fingerprint density at radius 3 is 1.88 bits per heavy atom. The zero-order valence-electron chi connectivity index (χ0n) is 24.5. The fraction of sp³-hybridized carbons (Fsp3) is 0.333. The molecule has 0 aromatic heterocycles. The Morgan fingerprint density at radius 2 is 1.30 bits per heavy atom. The number of methoxy groups -OCH3 is 1. The number of benzene rings is 3. The van der Waals surface area contributed by atoms with Crippen molar-refractivity contribution in [2.45, 2.75) is 57.0 Å². The zero-order chi connectivity index (χ0) is 30.8. The van der Waals surface area contributed by atoms with Crippen molar-refractivity contribution < 1.29 is 33.4 Å². The summed E-state index contributed by atoms with van der Waals surface area (Å²) in [4.78, 5) is 52.6. The van der Waals surface area contributed by atoms with E-state index in [9.17, 15) is 19.2 Å². The normalized spacial score (nSPS) is 17.5. The lowest BCUT2D eigenvalue weighted by Crippen LogP contribution is -2.57. The van der Waals surface area contributed by atoms with Crippen LogP contribution in [0.3, 0.4) is 0 Å². The Hall–Kier alpha value is -4.70. The summed E-state index contributed by atoms with van der Waals surface area (Å²) in [6.45, 7) is 3.51. The van der Waals surface area contributed by atoms with Gasteiger partial charge in [-0.1, -0.05) is 72.8 Å². The van der Waals surface area contributed by atoms with Crippen LogP contribution >= 0.6 is 0 Å². The topological polar surface area (TPSA) is 135 Å². The number of hydrogen-bond acceptors (Lipinski definition) is 7. The molecule has 0 saturated carbocycles. The van der Waals surface area contributed by atoms with Crippen LogP contribution in [-0.2, 0) is 43.3 Å². The van der Waals surface area contributed by atoms with E-state index in [0.29, 0.717) is 5.75 Å². The zero-order valence-corrected chi connectivity index (χ0v) is 24.5. The summed E-state index contributed by atoms with van der Waals surface area (Å²) in [5, 5.41) is 8.10. The first-order chi connectivity index (χ1) is 20.7. The van der Waals surface area contributed by atoms with Crippen molar-refractivity contribution in [2.24, 2.45) is 0 Å². The van der Waals surface area contributed by atoms with Gasteiger partial charge in [-0.2, -0.15) is 0 Å². The summed E-state index contributed by atoms with van der Waals surface area (Å²) in [7, 11) is 1.55. The Morgan fingerprint density at radius 1 is 0.767 bits per heavy atom. The molecule has 3 aromatic carbocycles. The van der Waals surface area contributed by atoms with Gasteiger partial charge in [0.25, 0.3) is 0 Å². The van der Waals surface area contributed by atoms with Gasteiger partial charge in [-0.15, -0.1) is 0 Å². The van der Waals surface area contributed by atoms with Crippen molar-refractivity contribution in [2.75, 3.05) is 13.7 Å². The number of ketones is 1. The molecule has 10 nitrogen and oxygen atoms in total. The van der Waals surface area contributed by atoms with Gasteiger partial charge in [0.05, 0.1) is 19.8 Å².